The molecule has 1 aliphatic rings. The summed E-state index contributed by atoms with van der Waals surface area (Å²) in [6, 6.07) is 0. The minimum Gasteiger partial charge on any atom is -0.312 e. The molecule has 0 amide bonds. The first-order valence-electron chi connectivity index (χ1n) is 2.19. The molecule has 0 saturated heterocycles. The molecule has 0 aromatic carbocycles. The van der Waals surface area contributed by atoms with Crippen LogP contribution in [-0.4, -0.2) is 13.3 Å². The fourth-order valence-electron chi connectivity index (χ4n) is 0.367. The molecule has 0 radical (unpaired) electrons. The lowest BCUT2D eigenvalue weighted by molar-refractivity contribution is 0.593. The molecule has 3 nitrogen and oxygen atoms in total. The zero-order valence-electron chi connectivity index (χ0n) is 4.09. The number of halogens is 1. The van der Waals surface area contributed by atoms with E-state index in [0.717, 1.165) is 0 Å². The Hall–Kier alpha value is 0.200. The maximum absolute atomic E-state index is 10.4. The van der Waals surface area contributed by atoms with Crippen LogP contribution in [0.25, 0.3) is 0 Å². The Kier molecular flexibility index (Phi) is 1.08. The second-order valence-corrected chi connectivity index (χ2v) is 4.91. The highest BCUT2D eigenvalue weighted by atomic mass is 35.7. The lowest BCUT2D eigenvalue weighted by atomic mass is 10.8. The Labute approximate surface area is 52.2 Å². The standard InChI is InChI=1S/C3H6ClNO2S/c4-8(6,7)3(5)1-2-3/h1-2,5H2. The van der Waals surface area contributed by atoms with Crippen molar-refractivity contribution in [3.8, 4) is 0 Å². The second kappa shape index (κ2) is 1.37. The van der Waals surface area contributed by atoms with E-state index in [-0.39, 0.29) is 0 Å². The molecule has 0 heterocycles. The number of hydrogen-bond acceptors (Lipinski definition) is 3. The molecule has 1 rings (SSSR count). The van der Waals surface area contributed by atoms with Crippen LogP contribution < -0.4 is 5.73 Å². The van der Waals surface area contributed by atoms with Gasteiger partial charge in [0.05, 0.1) is 0 Å². The molecule has 8 heavy (non-hydrogen) atoms. The zero-order valence-corrected chi connectivity index (χ0v) is 5.67. The molecule has 5 heteroatoms. The van der Waals surface area contributed by atoms with Gasteiger partial charge in [-0.05, 0) is 12.8 Å². The van der Waals surface area contributed by atoms with Gasteiger partial charge in [-0.15, -0.1) is 0 Å². The summed E-state index contributed by atoms with van der Waals surface area (Å²) in [6.45, 7) is 0. The molecule has 2 N–H and O–H groups in total. The Morgan fingerprint density at radius 2 is 1.88 bits per heavy atom. The molecule has 0 bridgehead atoms. The monoisotopic (exact) mass is 155 g/mol. The number of nitrogens with two attached hydrogens (primary N) is 1. The van der Waals surface area contributed by atoms with Crippen molar-refractivity contribution < 1.29 is 8.42 Å². The molecular formula is C3H6ClNO2S. The summed E-state index contributed by atoms with van der Waals surface area (Å²) < 4.78 is 20.7. The van der Waals surface area contributed by atoms with Crippen LogP contribution in [0.2, 0.25) is 0 Å². The van der Waals surface area contributed by atoms with Crippen LogP contribution in [0.5, 0.6) is 0 Å². The van der Waals surface area contributed by atoms with Crippen LogP contribution in [0.1, 0.15) is 12.8 Å². The van der Waals surface area contributed by atoms with E-state index in [4.69, 9.17) is 16.4 Å². The SMILES string of the molecule is NC1(S(=O)(=O)Cl)CC1. The van der Waals surface area contributed by atoms with E-state index in [1.165, 1.54) is 0 Å². The maximum atomic E-state index is 10.4. The van der Waals surface area contributed by atoms with E-state index < -0.39 is 13.9 Å². The van der Waals surface area contributed by atoms with E-state index in [0.29, 0.717) is 12.8 Å². The van der Waals surface area contributed by atoms with E-state index in [1.807, 2.05) is 0 Å². The van der Waals surface area contributed by atoms with E-state index >= 15 is 0 Å². The summed E-state index contributed by atoms with van der Waals surface area (Å²) in [4.78, 5) is -1.07. The third kappa shape index (κ3) is 0.831. The molecule has 0 aromatic heterocycles. The molecule has 0 aromatic rings. The lowest BCUT2D eigenvalue weighted by Crippen LogP contribution is -2.28. The topological polar surface area (TPSA) is 60.2 Å². The predicted molar refractivity (Wildman–Crippen MR) is 30.9 cm³/mol. The molecule has 1 fully saturated rings. The summed E-state index contributed by atoms with van der Waals surface area (Å²) in [5.41, 5.74) is 5.20. The van der Waals surface area contributed by atoms with Gasteiger partial charge in [0.15, 0.2) is 0 Å². The van der Waals surface area contributed by atoms with E-state index in [1.54, 1.807) is 0 Å². The highest BCUT2D eigenvalue weighted by Crippen LogP contribution is 2.39. The highest BCUT2D eigenvalue weighted by molar-refractivity contribution is 8.15. The van der Waals surface area contributed by atoms with Crippen molar-refractivity contribution in [3.63, 3.8) is 0 Å². The summed E-state index contributed by atoms with van der Waals surface area (Å²) in [5, 5.41) is 0. The van der Waals surface area contributed by atoms with Crippen molar-refractivity contribution in [1.29, 1.82) is 0 Å². The Morgan fingerprint density at radius 3 is 1.88 bits per heavy atom. The Balaban J connectivity index is 2.90. The zero-order chi connectivity index (χ0) is 6.41. The normalized spacial score (nSPS) is 25.2. The molecule has 0 spiro atoms. The third-order valence-electron chi connectivity index (χ3n) is 1.23. The average Bonchev–Trinajstić information content (AvgIpc) is 2.16. The molecule has 48 valence electrons. The molecular weight excluding hydrogens is 150 g/mol. The first-order valence-corrected chi connectivity index (χ1v) is 4.50. The maximum Gasteiger partial charge on any atom is 0.251 e. The van der Waals surface area contributed by atoms with Crippen molar-refractivity contribution in [2.24, 2.45) is 5.73 Å². The lowest BCUT2D eigenvalue weighted by Gasteiger charge is -1.99. The average molecular weight is 156 g/mol. The molecule has 1 saturated carbocycles. The van der Waals surface area contributed by atoms with Crippen molar-refractivity contribution in [3.05, 3.63) is 0 Å². The molecule has 0 unspecified atom stereocenters. The summed E-state index contributed by atoms with van der Waals surface area (Å²) >= 11 is 0. The minimum atomic E-state index is -3.48. The van der Waals surface area contributed by atoms with Gasteiger partial charge in [0.2, 0.25) is 0 Å². The van der Waals surface area contributed by atoms with Crippen molar-refractivity contribution in [2.45, 2.75) is 17.7 Å². The summed E-state index contributed by atoms with van der Waals surface area (Å²) in [5.74, 6) is 0. The van der Waals surface area contributed by atoms with Gasteiger partial charge in [0, 0.05) is 10.7 Å². The largest absolute Gasteiger partial charge is 0.312 e. The van der Waals surface area contributed by atoms with Gasteiger partial charge in [0.1, 0.15) is 4.87 Å². The van der Waals surface area contributed by atoms with Crippen LogP contribution in [0.15, 0.2) is 0 Å². The van der Waals surface area contributed by atoms with Crippen molar-refractivity contribution in [2.75, 3.05) is 0 Å². The van der Waals surface area contributed by atoms with Crippen LogP contribution in [0.3, 0.4) is 0 Å². The number of rotatable bonds is 1. The second-order valence-electron chi connectivity index (χ2n) is 2.00. The number of hydrogen-bond donors (Lipinski definition) is 1. The molecule has 0 atom stereocenters. The Morgan fingerprint density at radius 1 is 1.50 bits per heavy atom. The van der Waals surface area contributed by atoms with Crippen LogP contribution in [0, 0.1) is 0 Å². The first-order chi connectivity index (χ1) is 3.46. The van der Waals surface area contributed by atoms with Crippen molar-refractivity contribution in [1.82, 2.24) is 0 Å². The van der Waals surface area contributed by atoms with Gasteiger partial charge in [-0.1, -0.05) is 0 Å². The van der Waals surface area contributed by atoms with Gasteiger partial charge in [-0.3, -0.25) is 0 Å². The van der Waals surface area contributed by atoms with Gasteiger partial charge in [-0.2, -0.15) is 0 Å². The fourth-order valence-corrected chi connectivity index (χ4v) is 1.42. The highest BCUT2D eigenvalue weighted by Gasteiger charge is 2.50. The van der Waals surface area contributed by atoms with Crippen LogP contribution in [0.4, 0.5) is 0 Å². The third-order valence-corrected chi connectivity index (χ3v) is 3.53. The van der Waals surface area contributed by atoms with Crippen molar-refractivity contribution >= 4 is 19.7 Å². The molecule has 0 aliphatic heterocycles. The van der Waals surface area contributed by atoms with E-state index in [2.05, 4.69) is 0 Å². The van der Waals surface area contributed by atoms with Gasteiger partial charge in [0.25, 0.3) is 9.05 Å². The summed E-state index contributed by atoms with van der Waals surface area (Å²) in [7, 11) is 1.44. The molecule has 1 aliphatic carbocycles. The van der Waals surface area contributed by atoms with Gasteiger partial charge in [-0.25, -0.2) is 8.42 Å². The van der Waals surface area contributed by atoms with Crippen LogP contribution in [-0.2, 0) is 9.05 Å². The summed E-state index contributed by atoms with van der Waals surface area (Å²) in [6.07, 6.45) is 0.998. The minimum absolute atomic E-state index is 0.499. The quantitative estimate of drug-likeness (QED) is 0.543. The van der Waals surface area contributed by atoms with Crippen LogP contribution >= 0.6 is 10.7 Å². The fraction of sp³-hybridized carbons (Fsp3) is 1.00. The Bertz CT molecular complexity index is 193. The first kappa shape index (κ1) is 6.32. The predicted octanol–water partition coefficient (Wildman–Crippen LogP) is 0.00380. The smallest absolute Gasteiger partial charge is 0.251 e. The van der Waals surface area contributed by atoms with Gasteiger partial charge < -0.3 is 5.73 Å². The van der Waals surface area contributed by atoms with E-state index in [9.17, 15) is 8.42 Å². The van der Waals surface area contributed by atoms with Gasteiger partial charge >= 0.3 is 0 Å².